The third-order valence-electron chi connectivity index (χ3n) is 3.69. The molecule has 1 aromatic heterocycles. The molecule has 0 N–H and O–H groups in total. The van der Waals surface area contributed by atoms with Crippen molar-refractivity contribution in [1.82, 2.24) is 4.57 Å². The second-order valence-corrected chi connectivity index (χ2v) is 5.89. The van der Waals surface area contributed by atoms with E-state index in [1.807, 2.05) is 0 Å². The molecule has 0 unspecified atom stereocenters. The van der Waals surface area contributed by atoms with E-state index >= 15 is 0 Å². The number of carbonyl (C=O) groups is 1. The van der Waals surface area contributed by atoms with Gasteiger partial charge in [0.2, 0.25) is 0 Å². The summed E-state index contributed by atoms with van der Waals surface area (Å²) in [6.07, 6.45) is 1.66. The minimum absolute atomic E-state index is 0.00846. The van der Waals surface area contributed by atoms with Gasteiger partial charge < -0.3 is 14.0 Å². The Labute approximate surface area is 133 Å². The van der Waals surface area contributed by atoms with Crippen molar-refractivity contribution in [3.8, 4) is 5.75 Å². The molecule has 1 aliphatic carbocycles. The summed E-state index contributed by atoms with van der Waals surface area (Å²) < 4.78 is 25.6. The molecule has 1 aliphatic rings. The number of hydrogen-bond acceptors (Lipinski definition) is 4. The molecule has 0 aliphatic heterocycles. The molecule has 0 radical (unpaired) electrons. The maximum Gasteiger partial charge on any atom is 0.343 e. The van der Waals surface area contributed by atoms with E-state index in [1.54, 1.807) is 0 Å². The minimum Gasteiger partial charge on any atom is -0.493 e. The summed E-state index contributed by atoms with van der Waals surface area (Å²) in [7, 11) is 2.62. The Morgan fingerprint density at radius 2 is 2.05 bits per heavy atom. The fourth-order valence-corrected chi connectivity index (χ4v) is 3.01. The van der Waals surface area contributed by atoms with Gasteiger partial charge in [-0.15, -0.1) is 0 Å². The van der Waals surface area contributed by atoms with E-state index in [1.165, 1.54) is 30.9 Å². The van der Waals surface area contributed by atoms with Crippen LogP contribution in [-0.2, 0) is 4.74 Å². The highest BCUT2D eigenvalue weighted by Crippen LogP contribution is 2.41. The molecular weight excluding hydrogens is 357 g/mol. The summed E-state index contributed by atoms with van der Waals surface area (Å²) in [5, 5.41) is 0.421. The highest BCUT2D eigenvalue weighted by molar-refractivity contribution is 9.10. The second-order valence-electron chi connectivity index (χ2n) is 5.10. The van der Waals surface area contributed by atoms with Crippen molar-refractivity contribution in [2.45, 2.75) is 18.9 Å². The van der Waals surface area contributed by atoms with Gasteiger partial charge in [0.25, 0.3) is 5.56 Å². The standard InChI is InChI=1S/C15H13BrFNO4/c1-21-13-11(16)10(17)6-7-5-9(15(20)22-2)14(19)18(12(7)13)8-3-4-8/h5-6,8H,3-4H2,1-2H3. The van der Waals surface area contributed by atoms with E-state index in [0.717, 1.165) is 12.8 Å². The van der Waals surface area contributed by atoms with Crippen LogP contribution >= 0.6 is 15.9 Å². The Balaban J connectivity index is 2.47. The Hall–Kier alpha value is -1.89. The number of aromatic nitrogens is 1. The number of ether oxygens (including phenoxy) is 2. The van der Waals surface area contributed by atoms with Gasteiger partial charge in [0.15, 0.2) is 5.75 Å². The Kier molecular flexibility index (Phi) is 3.68. The largest absolute Gasteiger partial charge is 0.493 e. The first-order valence-electron chi connectivity index (χ1n) is 6.69. The molecule has 5 nitrogen and oxygen atoms in total. The van der Waals surface area contributed by atoms with E-state index in [9.17, 15) is 14.0 Å². The summed E-state index contributed by atoms with van der Waals surface area (Å²) in [6, 6.07) is 2.61. The number of hydrogen-bond donors (Lipinski definition) is 0. The summed E-state index contributed by atoms with van der Waals surface area (Å²) >= 11 is 3.14. The molecule has 0 atom stereocenters. The molecular formula is C15H13BrFNO4. The molecule has 22 heavy (non-hydrogen) atoms. The summed E-state index contributed by atoms with van der Waals surface area (Å²) in [4.78, 5) is 24.4. The molecule has 2 aromatic rings. The molecule has 3 rings (SSSR count). The molecule has 0 saturated heterocycles. The van der Waals surface area contributed by atoms with Gasteiger partial charge in [-0.3, -0.25) is 4.79 Å². The first-order chi connectivity index (χ1) is 10.5. The van der Waals surface area contributed by atoms with Crippen molar-refractivity contribution in [1.29, 1.82) is 0 Å². The first-order valence-corrected chi connectivity index (χ1v) is 7.48. The van der Waals surface area contributed by atoms with E-state index < -0.39 is 17.3 Å². The van der Waals surface area contributed by atoms with E-state index in [4.69, 9.17) is 4.74 Å². The van der Waals surface area contributed by atoms with Crippen molar-refractivity contribution in [2.75, 3.05) is 14.2 Å². The lowest BCUT2D eigenvalue weighted by atomic mass is 10.1. The Bertz CT molecular complexity index is 842. The van der Waals surface area contributed by atoms with Crippen molar-refractivity contribution in [3.63, 3.8) is 0 Å². The lowest BCUT2D eigenvalue weighted by Crippen LogP contribution is -2.27. The van der Waals surface area contributed by atoms with Crippen LogP contribution < -0.4 is 10.3 Å². The maximum absolute atomic E-state index is 14.0. The highest BCUT2D eigenvalue weighted by Gasteiger charge is 2.31. The van der Waals surface area contributed by atoms with Crippen LogP contribution in [0.25, 0.3) is 10.9 Å². The lowest BCUT2D eigenvalue weighted by Gasteiger charge is -2.16. The van der Waals surface area contributed by atoms with Crippen LogP contribution in [0.2, 0.25) is 0 Å². The SMILES string of the molecule is COC(=O)c1cc2cc(F)c(Br)c(OC)c2n(C2CC2)c1=O. The third-order valence-corrected chi connectivity index (χ3v) is 4.43. The normalized spacial score (nSPS) is 14.2. The molecule has 1 aromatic carbocycles. The zero-order valence-electron chi connectivity index (χ0n) is 12.0. The van der Waals surface area contributed by atoms with Gasteiger partial charge in [0, 0.05) is 11.4 Å². The van der Waals surface area contributed by atoms with Crippen LogP contribution in [0.1, 0.15) is 29.2 Å². The number of fused-ring (bicyclic) bond motifs is 1. The van der Waals surface area contributed by atoms with Gasteiger partial charge in [0.05, 0.1) is 24.2 Å². The van der Waals surface area contributed by atoms with Gasteiger partial charge in [-0.05, 0) is 40.9 Å². The minimum atomic E-state index is -0.733. The Morgan fingerprint density at radius 3 is 2.59 bits per heavy atom. The molecule has 0 amide bonds. The van der Waals surface area contributed by atoms with Gasteiger partial charge in [-0.25, -0.2) is 9.18 Å². The van der Waals surface area contributed by atoms with Crippen molar-refractivity contribution < 1.29 is 18.7 Å². The maximum atomic E-state index is 14.0. The number of nitrogens with zero attached hydrogens (tertiary/aromatic N) is 1. The van der Waals surface area contributed by atoms with Crippen molar-refractivity contribution in [3.05, 3.63) is 38.3 Å². The molecule has 1 fully saturated rings. The third kappa shape index (κ3) is 2.20. The fourth-order valence-electron chi connectivity index (χ4n) is 2.54. The Morgan fingerprint density at radius 1 is 1.36 bits per heavy atom. The zero-order valence-corrected chi connectivity index (χ0v) is 13.6. The fraction of sp³-hybridized carbons (Fsp3) is 0.333. The average molecular weight is 370 g/mol. The van der Waals surface area contributed by atoms with Crippen LogP contribution in [-0.4, -0.2) is 24.8 Å². The molecule has 116 valence electrons. The lowest BCUT2D eigenvalue weighted by molar-refractivity contribution is 0.0598. The summed E-state index contributed by atoms with van der Waals surface area (Å²) in [5.74, 6) is -1.01. The van der Waals surface area contributed by atoms with Crippen LogP contribution in [0.5, 0.6) is 5.75 Å². The van der Waals surface area contributed by atoms with Gasteiger partial charge in [0.1, 0.15) is 11.4 Å². The van der Waals surface area contributed by atoms with Crippen LogP contribution in [0, 0.1) is 5.82 Å². The number of carbonyl (C=O) groups excluding carboxylic acids is 1. The monoisotopic (exact) mass is 369 g/mol. The average Bonchev–Trinajstić information content (AvgIpc) is 3.32. The molecule has 7 heteroatoms. The zero-order chi connectivity index (χ0) is 16.0. The van der Waals surface area contributed by atoms with E-state index in [0.29, 0.717) is 10.9 Å². The smallest absolute Gasteiger partial charge is 0.343 e. The second kappa shape index (κ2) is 5.39. The molecule has 1 heterocycles. The van der Waals surface area contributed by atoms with Gasteiger partial charge >= 0.3 is 5.97 Å². The van der Waals surface area contributed by atoms with Gasteiger partial charge in [-0.1, -0.05) is 0 Å². The van der Waals surface area contributed by atoms with Crippen LogP contribution in [0.15, 0.2) is 21.4 Å². The summed E-state index contributed by atoms with van der Waals surface area (Å²) in [5.41, 5.74) is -0.0692. The van der Waals surface area contributed by atoms with Crippen LogP contribution in [0.4, 0.5) is 4.39 Å². The number of pyridine rings is 1. The first kappa shape index (κ1) is 15.0. The topological polar surface area (TPSA) is 57.5 Å². The predicted octanol–water partition coefficient (Wildman–Crippen LogP) is 3.03. The van der Waals surface area contributed by atoms with Gasteiger partial charge in [-0.2, -0.15) is 0 Å². The number of benzene rings is 1. The molecule has 1 saturated carbocycles. The van der Waals surface area contributed by atoms with Crippen molar-refractivity contribution >= 4 is 32.8 Å². The summed E-state index contributed by atoms with van der Waals surface area (Å²) in [6.45, 7) is 0. The van der Waals surface area contributed by atoms with E-state index in [-0.39, 0.29) is 21.8 Å². The number of halogens is 2. The van der Waals surface area contributed by atoms with Crippen molar-refractivity contribution in [2.24, 2.45) is 0 Å². The quantitative estimate of drug-likeness (QED) is 0.780. The number of methoxy groups -OCH3 is 2. The van der Waals surface area contributed by atoms with E-state index in [2.05, 4.69) is 20.7 Å². The molecule has 0 bridgehead atoms. The molecule has 0 spiro atoms. The number of esters is 1. The number of rotatable bonds is 3. The highest BCUT2D eigenvalue weighted by atomic mass is 79.9. The van der Waals surface area contributed by atoms with Crippen LogP contribution in [0.3, 0.4) is 0 Å². The predicted molar refractivity (Wildman–Crippen MR) is 82.0 cm³/mol.